The summed E-state index contributed by atoms with van der Waals surface area (Å²) in [5.74, 6) is -1.59. The molecule has 0 aliphatic carbocycles. The number of aromatic nitrogens is 1. The highest BCUT2D eigenvalue weighted by atomic mass is 19.2. The van der Waals surface area contributed by atoms with Crippen LogP contribution in [0.15, 0.2) is 36.7 Å². The molecule has 0 radical (unpaired) electrons. The minimum atomic E-state index is -0.800. The lowest BCUT2D eigenvalue weighted by Gasteiger charge is -2.18. The molecule has 1 atom stereocenters. The van der Waals surface area contributed by atoms with Gasteiger partial charge in [0.25, 0.3) is 0 Å². The van der Waals surface area contributed by atoms with Gasteiger partial charge in [0.05, 0.1) is 6.04 Å². The van der Waals surface area contributed by atoms with Crippen molar-refractivity contribution in [2.45, 2.75) is 13.0 Å². The van der Waals surface area contributed by atoms with E-state index in [-0.39, 0.29) is 6.04 Å². The maximum Gasteiger partial charge on any atom is 0.164 e. The summed E-state index contributed by atoms with van der Waals surface area (Å²) >= 11 is 0. The quantitative estimate of drug-likeness (QED) is 0.903. The molecular formula is C14H14F2N2. The van der Waals surface area contributed by atoms with Crippen LogP contribution >= 0.6 is 0 Å². The Kier molecular flexibility index (Phi) is 3.67. The lowest BCUT2D eigenvalue weighted by molar-refractivity contribution is 0.482. The van der Waals surface area contributed by atoms with E-state index in [1.807, 2.05) is 0 Å². The van der Waals surface area contributed by atoms with Gasteiger partial charge in [0, 0.05) is 18.0 Å². The summed E-state index contributed by atoms with van der Waals surface area (Å²) in [4.78, 5) is 3.91. The molecule has 0 aliphatic heterocycles. The Hall–Kier alpha value is -1.81. The molecule has 0 fully saturated rings. The van der Waals surface area contributed by atoms with E-state index in [1.165, 1.54) is 0 Å². The second-order valence-corrected chi connectivity index (χ2v) is 4.10. The maximum atomic E-state index is 14.0. The average Bonchev–Trinajstić information content (AvgIpc) is 2.41. The number of hydrogen-bond acceptors (Lipinski definition) is 2. The van der Waals surface area contributed by atoms with E-state index >= 15 is 0 Å². The van der Waals surface area contributed by atoms with Gasteiger partial charge in [-0.2, -0.15) is 0 Å². The maximum absolute atomic E-state index is 14.0. The van der Waals surface area contributed by atoms with E-state index < -0.39 is 11.6 Å². The van der Waals surface area contributed by atoms with Crippen molar-refractivity contribution >= 4 is 0 Å². The van der Waals surface area contributed by atoms with Crippen LogP contribution in [-0.4, -0.2) is 12.0 Å². The van der Waals surface area contributed by atoms with Gasteiger partial charge in [0.15, 0.2) is 11.6 Å². The van der Waals surface area contributed by atoms with E-state index in [4.69, 9.17) is 0 Å². The number of nitrogens with one attached hydrogen (secondary N) is 1. The average molecular weight is 248 g/mol. The predicted octanol–water partition coefficient (Wildman–Crippen LogP) is 2.98. The van der Waals surface area contributed by atoms with Gasteiger partial charge in [-0.25, -0.2) is 8.78 Å². The Bertz CT molecular complexity index is 541. The topological polar surface area (TPSA) is 24.9 Å². The number of benzene rings is 1. The van der Waals surface area contributed by atoms with Crippen molar-refractivity contribution in [3.63, 3.8) is 0 Å². The van der Waals surface area contributed by atoms with Gasteiger partial charge in [-0.3, -0.25) is 4.98 Å². The molecule has 0 aliphatic rings. The van der Waals surface area contributed by atoms with Crippen LogP contribution in [0.2, 0.25) is 0 Å². The van der Waals surface area contributed by atoms with Gasteiger partial charge < -0.3 is 5.32 Å². The second-order valence-electron chi connectivity index (χ2n) is 4.10. The smallest absolute Gasteiger partial charge is 0.164 e. The molecule has 0 saturated heterocycles. The summed E-state index contributed by atoms with van der Waals surface area (Å²) in [5.41, 5.74) is 1.45. The Morgan fingerprint density at radius 1 is 1.06 bits per heavy atom. The lowest BCUT2D eigenvalue weighted by Crippen LogP contribution is -2.19. The minimum Gasteiger partial charge on any atom is -0.309 e. The molecule has 0 bridgehead atoms. The van der Waals surface area contributed by atoms with E-state index in [9.17, 15) is 8.78 Å². The monoisotopic (exact) mass is 248 g/mol. The molecule has 1 aromatic carbocycles. The normalized spacial score (nSPS) is 12.4. The third kappa shape index (κ3) is 2.24. The van der Waals surface area contributed by atoms with Crippen LogP contribution in [-0.2, 0) is 0 Å². The number of hydrogen-bond donors (Lipinski definition) is 1. The van der Waals surface area contributed by atoms with Crippen molar-refractivity contribution in [1.82, 2.24) is 10.3 Å². The summed E-state index contributed by atoms with van der Waals surface area (Å²) in [6, 6.07) is 6.36. The molecule has 1 N–H and O–H groups in total. The summed E-state index contributed by atoms with van der Waals surface area (Å²) in [6.45, 7) is 1.54. The number of rotatable bonds is 3. The fourth-order valence-electron chi connectivity index (χ4n) is 1.94. The Labute approximate surface area is 105 Å². The van der Waals surface area contributed by atoms with E-state index in [0.29, 0.717) is 11.1 Å². The highest BCUT2D eigenvalue weighted by Crippen LogP contribution is 2.26. The molecule has 2 rings (SSSR count). The van der Waals surface area contributed by atoms with Gasteiger partial charge in [-0.15, -0.1) is 0 Å². The van der Waals surface area contributed by atoms with Crippen LogP contribution in [0.1, 0.15) is 22.7 Å². The van der Waals surface area contributed by atoms with Crippen molar-refractivity contribution in [2.24, 2.45) is 0 Å². The Morgan fingerprint density at radius 2 is 1.72 bits per heavy atom. The zero-order valence-corrected chi connectivity index (χ0v) is 10.2. The van der Waals surface area contributed by atoms with Crippen molar-refractivity contribution in [3.05, 3.63) is 65.0 Å². The molecule has 4 heteroatoms. The van der Waals surface area contributed by atoms with Crippen LogP contribution in [0.25, 0.3) is 0 Å². The van der Waals surface area contributed by atoms with Crippen molar-refractivity contribution in [1.29, 1.82) is 0 Å². The van der Waals surface area contributed by atoms with E-state index in [0.717, 1.165) is 5.56 Å². The molecule has 0 spiro atoms. The Balaban J connectivity index is 2.50. The molecule has 0 saturated carbocycles. The first-order valence-corrected chi connectivity index (χ1v) is 5.67. The zero-order chi connectivity index (χ0) is 13.1. The standard InChI is InChI=1S/C14H14F2N2/c1-9-3-4-11(13(16)12(9)15)14(17-2)10-5-7-18-8-6-10/h3-8,14,17H,1-2H3. The SMILES string of the molecule is CNC(c1ccncc1)c1ccc(C)c(F)c1F. The molecule has 18 heavy (non-hydrogen) atoms. The summed E-state index contributed by atoms with van der Waals surface area (Å²) in [5, 5.41) is 2.99. The highest BCUT2D eigenvalue weighted by Gasteiger charge is 2.19. The summed E-state index contributed by atoms with van der Waals surface area (Å²) in [7, 11) is 1.71. The summed E-state index contributed by atoms with van der Waals surface area (Å²) < 4.78 is 27.5. The van der Waals surface area contributed by atoms with Gasteiger partial charge >= 0.3 is 0 Å². The molecule has 1 aromatic heterocycles. The lowest BCUT2D eigenvalue weighted by atomic mass is 9.98. The second kappa shape index (κ2) is 5.23. The molecular weight excluding hydrogens is 234 g/mol. The van der Waals surface area contributed by atoms with Crippen molar-refractivity contribution in [2.75, 3.05) is 7.05 Å². The third-order valence-corrected chi connectivity index (χ3v) is 2.94. The first-order valence-electron chi connectivity index (χ1n) is 5.67. The highest BCUT2D eigenvalue weighted by molar-refractivity contribution is 5.34. The van der Waals surface area contributed by atoms with Gasteiger partial charge in [0.2, 0.25) is 0 Å². The first kappa shape index (κ1) is 12.6. The molecule has 94 valence electrons. The minimum absolute atomic E-state index is 0.298. The molecule has 0 amide bonds. The van der Waals surface area contributed by atoms with Gasteiger partial charge in [-0.05, 0) is 37.2 Å². The molecule has 1 heterocycles. The van der Waals surface area contributed by atoms with Crippen LogP contribution in [0.3, 0.4) is 0 Å². The van der Waals surface area contributed by atoms with Crippen molar-refractivity contribution in [3.8, 4) is 0 Å². The number of pyridine rings is 1. The summed E-state index contributed by atoms with van der Waals surface area (Å²) in [6.07, 6.45) is 3.25. The number of halogens is 2. The van der Waals surface area contributed by atoms with Gasteiger partial charge in [-0.1, -0.05) is 12.1 Å². The molecule has 2 aromatic rings. The fraction of sp³-hybridized carbons (Fsp3) is 0.214. The van der Waals surface area contributed by atoms with Crippen molar-refractivity contribution < 1.29 is 8.78 Å². The van der Waals surface area contributed by atoms with Crippen LogP contribution in [0.5, 0.6) is 0 Å². The van der Waals surface area contributed by atoms with Crippen LogP contribution in [0.4, 0.5) is 8.78 Å². The molecule has 2 nitrogen and oxygen atoms in total. The Morgan fingerprint density at radius 3 is 2.33 bits per heavy atom. The van der Waals surface area contributed by atoms with Crippen LogP contribution in [0, 0.1) is 18.6 Å². The van der Waals surface area contributed by atoms with Crippen LogP contribution < -0.4 is 5.32 Å². The largest absolute Gasteiger partial charge is 0.309 e. The first-order chi connectivity index (χ1) is 8.65. The number of aryl methyl sites for hydroxylation is 1. The zero-order valence-electron chi connectivity index (χ0n) is 10.2. The fourth-order valence-corrected chi connectivity index (χ4v) is 1.94. The van der Waals surface area contributed by atoms with E-state index in [2.05, 4.69) is 10.3 Å². The molecule has 1 unspecified atom stereocenters. The van der Waals surface area contributed by atoms with E-state index in [1.54, 1.807) is 50.6 Å². The number of nitrogens with zero attached hydrogens (tertiary/aromatic N) is 1. The third-order valence-electron chi connectivity index (χ3n) is 2.94. The predicted molar refractivity (Wildman–Crippen MR) is 66.2 cm³/mol. The van der Waals surface area contributed by atoms with Gasteiger partial charge in [0.1, 0.15) is 0 Å².